The lowest BCUT2D eigenvalue weighted by atomic mass is 10.2. The minimum atomic E-state index is -0.834. The van der Waals surface area contributed by atoms with Crippen LogP contribution < -0.4 is 15.5 Å². The molecule has 1 heterocycles. The zero-order valence-corrected chi connectivity index (χ0v) is 14.4. The summed E-state index contributed by atoms with van der Waals surface area (Å²) in [5.41, 5.74) is 0.355. The topological polar surface area (TPSA) is 97.5 Å². The fourth-order valence-corrected chi connectivity index (χ4v) is 2.21. The molecule has 1 aromatic carbocycles. The van der Waals surface area contributed by atoms with E-state index in [4.69, 9.17) is 16.3 Å². The standard InChI is InChI=1S/C17H17ClN2O5/c1-10(17(23)24-2)20-16(22)13-7-14(21)15(8-19-13)25-9-11-4-3-5-12(18)6-11/h3-8,10H,9H2,1-2H3,(H,19,21)(H,20,22). The Morgan fingerprint density at radius 2 is 2.08 bits per heavy atom. The molecule has 7 nitrogen and oxygen atoms in total. The molecule has 132 valence electrons. The van der Waals surface area contributed by atoms with Gasteiger partial charge in [-0.15, -0.1) is 0 Å². The lowest BCUT2D eigenvalue weighted by Gasteiger charge is -2.11. The molecule has 2 N–H and O–H groups in total. The number of carbonyl (C=O) groups excluding carboxylic acids is 2. The molecule has 0 aliphatic carbocycles. The number of H-pyrrole nitrogens is 1. The van der Waals surface area contributed by atoms with Crippen molar-refractivity contribution in [2.75, 3.05) is 7.11 Å². The molecule has 1 amide bonds. The zero-order chi connectivity index (χ0) is 18.4. The largest absolute Gasteiger partial charge is 0.483 e. The fourth-order valence-electron chi connectivity index (χ4n) is 2.00. The highest BCUT2D eigenvalue weighted by molar-refractivity contribution is 6.30. The van der Waals surface area contributed by atoms with E-state index in [2.05, 4.69) is 15.0 Å². The molecule has 0 bridgehead atoms. The predicted octanol–water partition coefficient (Wildman–Crippen LogP) is 1.90. The number of aromatic nitrogens is 1. The van der Waals surface area contributed by atoms with Crippen molar-refractivity contribution in [3.05, 3.63) is 63.0 Å². The molecule has 0 saturated heterocycles. The second-order valence-corrected chi connectivity index (χ2v) is 5.65. The van der Waals surface area contributed by atoms with Gasteiger partial charge >= 0.3 is 5.97 Å². The monoisotopic (exact) mass is 364 g/mol. The fraction of sp³-hybridized carbons (Fsp3) is 0.235. The van der Waals surface area contributed by atoms with Gasteiger partial charge in [0, 0.05) is 17.3 Å². The van der Waals surface area contributed by atoms with Gasteiger partial charge < -0.3 is 19.8 Å². The van der Waals surface area contributed by atoms with Crippen LogP contribution in [0.25, 0.3) is 0 Å². The summed E-state index contributed by atoms with van der Waals surface area (Å²) in [6.45, 7) is 1.64. The Balaban J connectivity index is 2.03. The Morgan fingerprint density at radius 3 is 2.72 bits per heavy atom. The Bertz CT molecular complexity index is 834. The van der Waals surface area contributed by atoms with E-state index < -0.39 is 23.3 Å². The van der Waals surface area contributed by atoms with Gasteiger partial charge in [0.2, 0.25) is 5.43 Å². The smallest absolute Gasteiger partial charge is 0.328 e. The van der Waals surface area contributed by atoms with E-state index in [1.165, 1.54) is 20.2 Å². The first kappa shape index (κ1) is 18.5. The number of hydrogen-bond acceptors (Lipinski definition) is 5. The van der Waals surface area contributed by atoms with Crippen molar-refractivity contribution >= 4 is 23.5 Å². The molecule has 0 saturated carbocycles. The molecule has 2 rings (SSSR count). The number of aromatic amines is 1. The third-order valence-corrected chi connectivity index (χ3v) is 3.54. The number of amides is 1. The summed E-state index contributed by atoms with van der Waals surface area (Å²) in [7, 11) is 1.22. The predicted molar refractivity (Wildman–Crippen MR) is 91.8 cm³/mol. The lowest BCUT2D eigenvalue weighted by Crippen LogP contribution is -2.39. The van der Waals surface area contributed by atoms with Crippen molar-refractivity contribution in [2.24, 2.45) is 0 Å². The first-order chi connectivity index (χ1) is 11.9. The molecular formula is C17H17ClN2O5. The molecule has 8 heteroatoms. The highest BCUT2D eigenvalue weighted by Crippen LogP contribution is 2.12. The van der Waals surface area contributed by atoms with Crippen LogP contribution >= 0.6 is 11.6 Å². The maximum Gasteiger partial charge on any atom is 0.328 e. The van der Waals surface area contributed by atoms with E-state index in [0.717, 1.165) is 11.6 Å². The van der Waals surface area contributed by atoms with Crippen LogP contribution in [0.1, 0.15) is 23.0 Å². The van der Waals surface area contributed by atoms with Crippen molar-refractivity contribution < 1.29 is 19.1 Å². The number of benzene rings is 1. The molecule has 25 heavy (non-hydrogen) atoms. The van der Waals surface area contributed by atoms with E-state index in [1.54, 1.807) is 18.2 Å². The van der Waals surface area contributed by atoms with Gasteiger partial charge in [-0.05, 0) is 24.6 Å². The van der Waals surface area contributed by atoms with Crippen LogP contribution in [0.15, 0.2) is 41.3 Å². The van der Waals surface area contributed by atoms with Gasteiger partial charge in [0.1, 0.15) is 18.3 Å². The number of nitrogens with one attached hydrogen (secondary N) is 2. The highest BCUT2D eigenvalue weighted by Gasteiger charge is 2.18. The van der Waals surface area contributed by atoms with Gasteiger partial charge in [-0.25, -0.2) is 4.79 Å². The highest BCUT2D eigenvalue weighted by atomic mass is 35.5. The summed E-state index contributed by atoms with van der Waals surface area (Å²) in [6, 6.07) is 7.33. The normalized spacial score (nSPS) is 11.5. The van der Waals surface area contributed by atoms with Crippen LogP contribution in [-0.2, 0) is 16.1 Å². The Labute approximate surface area is 148 Å². The molecule has 0 radical (unpaired) electrons. The van der Waals surface area contributed by atoms with E-state index in [-0.39, 0.29) is 18.1 Å². The molecule has 1 atom stereocenters. The Hall–Kier alpha value is -2.80. The number of carbonyl (C=O) groups is 2. The van der Waals surface area contributed by atoms with Crippen LogP contribution in [0.4, 0.5) is 0 Å². The first-order valence-electron chi connectivity index (χ1n) is 7.39. The van der Waals surface area contributed by atoms with E-state index in [9.17, 15) is 14.4 Å². The number of hydrogen-bond donors (Lipinski definition) is 2. The minimum absolute atomic E-state index is 0.0101. The number of esters is 1. The van der Waals surface area contributed by atoms with Crippen molar-refractivity contribution in [3.63, 3.8) is 0 Å². The van der Waals surface area contributed by atoms with Gasteiger partial charge in [0.15, 0.2) is 5.75 Å². The van der Waals surface area contributed by atoms with Crippen LogP contribution in [0, 0.1) is 0 Å². The summed E-state index contributed by atoms with van der Waals surface area (Å²) in [4.78, 5) is 38.1. The summed E-state index contributed by atoms with van der Waals surface area (Å²) in [5.74, 6) is -1.12. The first-order valence-corrected chi connectivity index (χ1v) is 7.77. The van der Waals surface area contributed by atoms with Crippen LogP contribution in [-0.4, -0.2) is 30.0 Å². The Morgan fingerprint density at radius 1 is 1.32 bits per heavy atom. The molecule has 2 aromatic rings. The molecule has 0 aliphatic rings. The third-order valence-electron chi connectivity index (χ3n) is 3.31. The number of methoxy groups -OCH3 is 1. The minimum Gasteiger partial charge on any atom is -0.483 e. The molecule has 1 aromatic heterocycles. The van der Waals surface area contributed by atoms with Crippen molar-refractivity contribution in [1.82, 2.24) is 10.3 Å². The summed E-state index contributed by atoms with van der Waals surface area (Å²) in [6.07, 6.45) is 1.30. The number of halogens is 1. The van der Waals surface area contributed by atoms with Crippen LogP contribution in [0.3, 0.4) is 0 Å². The summed E-state index contributed by atoms with van der Waals surface area (Å²) >= 11 is 5.89. The Kier molecular flexibility index (Phi) is 6.19. The van der Waals surface area contributed by atoms with Crippen molar-refractivity contribution in [2.45, 2.75) is 19.6 Å². The third kappa shape index (κ3) is 5.09. The summed E-state index contributed by atoms with van der Waals surface area (Å²) in [5, 5.41) is 2.99. The molecule has 0 fully saturated rings. The number of pyridine rings is 1. The van der Waals surface area contributed by atoms with E-state index in [0.29, 0.717) is 5.02 Å². The maximum atomic E-state index is 12.1. The van der Waals surface area contributed by atoms with Gasteiger partial charge in [-0.1, -0.05) is 23.7 Å². The lowest BCUT2D eigenvalue weighted by molar-refractivity contribution is -0.142. The average molecular weight is 365 g/mol. The molecule has 0 aliphatic heterocycles. The second kappa shape index (κ2) is 8.34. The molecular weight excluding hydrogens is 348 g/mol. The van der Waals surface area contributed by atoms with Gasteiger partial charge in [-0.2, -0.15) is 0 Å². The van der Waals surface area contributed by atoms with Crippen molar-refractivity contribution in [3.8, 4) is 5.75 Å². The van der Waals surface area contributed by atoms with Gasteiger partial charge in [0.25, 0.3) is 5.91 Å². The van der Waals surface area contributed by atoms with E-state index >= 15 is 0 Å². The van der Waals surface area contributed by atoms with Gasteiger partial charge in [-0.3, -0.25) is 9.59 Å². The van der Waals surface area contributed by atoms with Crippen molar-refractivity contribution in [1.29, 1.82) is 0 Å². The average Bonchev–Trinajstić information content (AvgIpc) is 2.59. The zero-order valence-electron chi connectivity index (χ0n) is 13.7. The quantitative estimate of drug-likeness (QED) is 0.763. The number of rotatable bonds is 6. The van der Waals surface area contributed by atoms with Crippen LogP contribution in [0.2, 0.25) is 5.02 Å². The maximum absolute atomic E-state index is 12.1. The molecule has 0 spiro atoms. The summed E-state index contributed by atoms with van der Waals surface area (Å²) < 4.78 is 9.96. The van der Waals surface area contributed by atoms with Gasteiger partial charge in [0.05, 0.1) is 7.11 Å². The van der Waals surface area contributed by atoms with Crippen LogP contribution in [0.5, 0.6) is 5.75 Å². The second-order valence-electron chi connectivity index (χ2n) is 5.21. The SMILES string of the molecule is COC(=O)C(C)NC(=O)c1cc(=O)c(OCc2cccc(Cl)c2)c[nH]1. The van der Waals surface area contributed by atoms with E-state index in [1.807, 2.05) is 6.07 Å². The number of ether oxygens (including phenoxy) is 2. The molecule has 1 unspecified atom stereocenters.